The molecule has 0 amide bonds. The van der Waals surface area contributed by atoms with Crippen LogP contribution >= 0.6 is 0 Å². The van der Waals surface area contributed by atoms with Crippen LogP contribution in [0.2, 0.25) is 0 Å². The Balaban J connectivity index is 2.09. The standard InChI is InChI=1S/C20H26O5/c1-13(2)9-19(22)24-12-15-5-4-6-16(11-21)10-18-17(8-7-15)14(3)20(23)25-18/h6-7,11,13,17-18H,3-5,8-10,12H2,1-2H3/b15-7-,16-6+/t17-,18-/m0/s1. The van der Waals surface area contributed by atoms with Gasteiger partial charge in [-0.25, -0.2) is 4.79 Å². The second-order valence-electron chi connectivity index (χ2n) is 7.07. The highest BCUT2D eigenvalue weighted by atomic mass is 16.6. The van der Waals surface area contributed by atoms with E-state index < -0.39 is 5.97 Å². The topological polar surface area (TPSA) is 69.7 Å². The van der Waals surface area contributed by atoms with Crippen LogP contribution in [-0.4, -0.2) is 30.9 Å². The molecule has 0 saturated carbocycles. The highest BCUT2D eigenvalue weighted by Gasteiger charge is 2.38. The number of carbonyl (C=O) groups is 3. The Labute approximate surface area is 148 Å². The lowest BCUT2D eigenvalue weighted by Gasteiger charge is -2.18. The fourth-order valence-corrected chi connectivity index (χ4v) is 3.10. The predicted octanol–water partition coefficient (Wildman–Crippen LogP) is 3.30. The van der Waals surface area contributed by atoms with Crippen molar-refractivity contribution in [2.75, 3.05) is 6.61 Å². The summed E-state index contributed by atoms with van der Waals surface area (Å²) in [5, 5.41) is 0. The number of allylic oxidation sites excluding steroid dienone is 2. The summed E-state index contributed by atoms with van der Waals surface area (Å²) in [4.78, 5) is 34.8. The van der Waals surface area contributed by atoms with Crippen molar-refractivity contribution in [3.63, 3.8) is 0 Å². The van der Waals surface area contributed by atoms with Gasteiger partial charge in [0.05, 0.1) is 0 Å². The van der Waals surface area contributed by atoms with Crippen LogP contribution in [0.1, 0.15) is 46.0 Å². The monoisotopic (exact) mass is 346 g/mol. The molecule has 136 valence electrons. The van der Waals surface area contributed by atoms with Crippen molar-refractivity contribution in [2.24, 2.45) is 11.8 Å². The fourth-order valence-electron chi connectivity index (χ4n) is 3.10. The molecule has 25 heavy (non-hydrogen) atoms. The summed E-state index contributed by atoms with van der Waals surface area (Å²) in [6.45, 7) is 8.02. The molecular weight excluding hydrogens is 320 g/mol. The number of fused-ring (bicyclic) bond motifs is 1. The average molecular weight is 346 g/mol. The van der Waals surface area contributed by atoms with Crippen molar-refractivity contribution < 1.29 is 23.9 Å². The molecule has 2 atom stereocenters. The molecule has 0 N–H and O–H groups in total. The van der Waals surface area contributed by atoms with Gasteiger partial charge in [-0.1, -0.05) is 32.6 Å². The van der Waals surface area contributed by atoms with Crippen LogP contribution in [0.25, 0.3) is 0 Å². The van der Waals surface area contributed by atoms with Gasteiger partial charge in [-0.05, 0) is 36.3 Å². The highest BCUT2D eigenvalue weighted by Crippen LogP contribution is 2.34. The zero-order chi connectivity index (χ0) is 18.4. The van der Waals surface area contributed by atoms with Gasteiger partial charge in [-0.15, -0.1) is 0 Å². The van der Waals surface area contributed by atoms with E-state index in [1.807, 2.05) is 26.0 Å². The smallest absolute Gasteiger partial charge is 0.334 e. The Morgan fingerprint density at radius 2 is 2.20 bits per heavy atom. The summed E-state index contributed by atoms with van der Waals surface area (Å²) in [6.07, 6.45) is 7.17. The van der Waals surface area contributed by atoms with Gasteiger partial charge in [0.2, 0.25) is 0 Å². The van der Waals surface area contributed by atoms with Gasteiger partial charge < -0.3 is 9.47 Å². The van der Waals surface area contributed by atoms with Crippen molar-refractivity contribution in [1.29, 1.82) is 0 Å². The first-order valence-electron chi connectivity index (χ1n) is 8.78. The number of rotatable bonds is 5. The largest absolute Gasteiger partial charge is 0.461 e. The molecule has 0 spiro atoms. The van der Waals surface area contributed by atoms with Crippen LogP contribution in [0, 0.1) is 11.8 Å². The van der Waals surface area contributed by atoms with Crippen LogP contribution in [0.5, 0.6) is 0 Å². The van der Waals surface area contributed by atoms with Crippen molar-refractivity contribution >= 4 is 18.2 Å². The maximum atomic E-state index is 11.8. The Bertz CT molecular complexity index is 612. The summed E-state index contributed by atoms with van der Waals surface area (Å²) in [5.74, 6) is -0.485. The van der Waals surface area contributed by atoms with E-state index in [0.717, 1.165) is 11.9 Å². The van der Waals surface area contributed by atoms with Gasteiger partial charge in [0.25, 0.3) is 0 Å². The maximum absolute atomic E-state index is 11.8. The van der Waals surface area contributed by atoms with Gasteiger partial charge in [-0.3, -0.25) is 9.59 Å². The first kappa shape index (κ1) is 19.2. The van der Waals surface area contributed by atoms with E-state index in [9.17, 15) is 14.4 Å². The Morgan fingerprint density at radius 3 is 2.88 bits per heavy atom. The van der Waals surface area contributed by atoms with Gasteiger partial charge >= 0.3 is 11.9 Å². The third-order valence-electron chi connectivity index (χ3n) is 4.53. The van der Waals surface area contributed by atoms with E-state index in [1.54, 1.807) is 0 Å². The van der Waals surface area contributed by atoms with Crippen molar-refractivity contribution in [3.05, 3.63) is 35.5 Å². The molecule has 0 aromatic carbocycles. The molecule has 0 bridgehead atoms. The van der Waals surface area contributed by atoms with E-state index in [4.69, 9.17) is 9.47 Å². The molecular formula is C20H26O5. The molecule has 2 aliphatic rings. The van der Waals surface area contributed by atoms with Crippen LogP contribution in [0.3, 0.4) is 0 Å². The third kappa shape index (κ3) is 5.41. The first-order valence-corrected chi connectivity index (χ1v) is 8.78. The van der Waals surface area contributed by atoms with Gasteiger partial charge in [0.1, 0.15) is 19.0 Å². The summed E-state index contributed by atoms with van der Waals surface area (Å²) in [6, 6.07) is 0. The molecule has 1 saturated heterocycles. The van der Waals surface area contributed by atoms with E-state index in [0.29, 0.717) is 43.3 Å². The number of aldehydes is 1. The number of hydrogen-bond donors (Lipinski definition) is 0. The minimum Gasteiger partial charge on any atom is -0.461 e. The van der Waals surface area contributed by atoms with Gasteiger partial charge in [0.15, 0.2) is 0 Å². The summed E-state index contributed by atoms with van der Waals surface area (Å²) in [7, 11) is 0. The number of esters is 2. The van der Waals surface area contributed by atoms with Crippen molar-refractivity contribution in [1.82, 2.24) is 0 Å². The Morgan fingerprint density at radius 1 is 1.44 bits per heavy atom. The van der Waals surface area contributed by atoms with E-state index in [2.05, 4.69) is 6.58 Å². The molecule has 5 nitrogen and oxygen atoms in total. The maximum Gasteiger partial charge on any atom is 0.334 e. The zero-order valence-corrected chi connectivity index (χ0v) is 15.0. The lowest BCUT2D eigenvalue weighted by Crippen LogP contribution is -2.18. The lowest BCUT2D eigenvalue weighted by molar-refractivity contribution is -0.143. The molecule has 1 aliphatic carbocycles. The molecule has 2 rings (SSSR count). The normalized spacial score (nSPS) is 28.3. The highest BCUT2D eigenvalue weighted by molar-refractivity contribution is 5.91. The summed E-state index contributed by atoms with van der Waals surface area (Å²) >= 11 is 0. The van der Waals surface area contributed by atoms with Gasteiger partial charge in [-0.2, -0.15) is 0 Å². The quantitative estimate of drug-likeness (QED) is 0.331. The molecule has 0 aromatic heterocycles. The Hall–Kier alpha value is -2.17. The molecule has 1 heterocycles. The second-order valence-corrected chi connectivity index (χ2v) is 7.07. The SMILES string of the molecule is C=C1C(=O)O[C@H]2C/C(C=O)=C\CC/C(COC(=O)CC(C)C)=C/C[C@@H]12. The average Bonchev–Trinajstić information content (AvgIpc) is 2.82. The van der Waals surface area contributed by atoms with Gasteiger partial charge in [0, 0.05) is 24.3 Å². The fraction of sp³-hybridized carbons (Fsp3) is 0.550. The first-order chi connectivity index (χ1) is 11.9. The number of ether oxygens (including phenoxy) is 2. The lowest BCUT2D eigenvalue weighted by atomic mass is 9.88. The van der Waals surface area contributed by atoms with Crippen LogP contribution in [0.15, 0.2) is 35.5 Å². The molecule has 1 fully saturated rings. The third-order valence-corrected chi connectivity index (χ3v) is 4.53. The van der Waals surface area contributed by atoms with E-state index >= 15 is 0 Å². The molecule has 1 aliphatic heterocycles. The van der Waals surface area contributed by atoms with Crippen LogP contribution < -0.4 is 0 Å². The molecule has 0 unspecified atom stereocenters. The summed E-state index contributed by atoms with van der Waals surface area (Å²) < 4.78 is 10.7. The second kappa shape index (κ2) is 8.79. The van der Waals surface area contributed by atoms with Crippen molar-refractivity contribution in [2.45, 2.75) is 52.1 Å². The number of hydrogen-bond acceptors (Lipinski definition) is 5. The predicted molar refractivity (Wildman–Crippen MR) is 93.6 cm³/mol. The van der Waals surface area contributed by atoms with Crippen LogP contribution in [0.4, 0.5) is 0 Å². The van der Waals surface area contributed by atoms with E-state index in [1.165, 1.54) is 0 Å². The number of carbonyl (C=O) groups excluding carboxylic acids is 3. The molecule has 0 radical (unpaired) electrons. The van der Waals surface area contributed by atoms with Crippen molar-refractivity contribution in [3.8, 4) is 0 Å². The van der Waals surface area contributed by atoms with Crippen LogP contribution in [-0.2, 0) is 23.9 Å². The van der Waals surface area contributed by atoms with E-state index in [-0.39, 0.29) is 30.5 Å². The summed E-state index contributed by atoms with van der Waals surface area (Å²) in [5.41, 5.74) is 2.07. The molecule has 5 heteroatoms. The molecule has 0 aromatic rings. The minimum atomic E-state index is -0.391. The zero-order valence-electron chi connectivity index (χ0n) is 15.0. The Kier molecular flexibility index (Phi) is 6.73. The minimum absolute atomic E-state index is 0.143.